The molecule has 0 amide bonds. The summed E-state index contributed by atoms with van der Waals surface area (Å²) in [6, 6.07) is 0. The number of nitrogens with two attached hydrogens (primary N) is 1. The third-order valence-electron chi connectivity index (χ3n) is 0.554. The first-order valence-electron chi connectivity index (χ1n) is 2.17. The standard InChI is InChI=1S/C3H7NO4S.Na.H/c4-1-2-9(6,7)8-3-5;;/h3H,1-2,4H2;;/q;+1;-1. The Hall–Kier alpha value is 0.380. The fourth-order valence-corrected chi connectivity index (χ4v) is 0.757. The van der Waals surface area contributed by atoms with Gasteiger partial charge in [0, 0.05) is 6.54 Å². The molecule has 0 bridgehead atoms. The summed E-state index contributed by atoms with van der Waals surface area (Å²) in [6.07, 6.45) is 0. The van der Waals surface area contributed by atoms with E-state index in [-0.39, 0.29) is 49.8 Å². The molecule has 0 aliphatic rings. The van der Waals surface area contributed by atoms with Crippen molar-refractivity contribution in [2.24, 2.45) is 5.73 Å². The van der Waals surface area contributed by atoms with Gasteiger partial charge in [0.2, 0.25) is 0 Å². The van der Waals surface area contributed by atoms with Crippen molar-refractivity contribution in [2.75, 3.05) is 12.3 Å². The van der Waals surface area contributed by atoms with Gasteiger partial charge in [0.25, 0.3) is 0 Å². The van der Waals surface area contributed by atoms with Crippen LogP contribution in [-0.2, 0) is 19.1 Å². The van der Waals surface area contributed by atoms with Gasteiger partial charge in [0.05, 0.1) is 5.75 Å². The van der Waals surface area contributed by atoms with Crippen LogP contribution in [0.1, 0.15) is 1.43 Å². The molecule has 0 radical (unpaired) electrons. The van der Waals surface area contributed by atoms with Crippen molar-refractivity contribution >= 4 is 16.6 Å². The summed E-state index contributed by atoms with van der Waals surface area (Å²) < 4.78 is 24.3. The van der Waals surface area contributed by atoms with Crippen LogP contribution in [0, 0.1) is 0 Å². The van der Waals surface area contributed by atoms with Crippen LogP contribution in [0.15, 0.2) is 0 Å². The van der Waals surface area contributed by atoms with Crippen LogP contribution in [0.25, 0.3) is 0 Å². The van der Waals surface area contributed by atoms with Gasteiger partial charge in [-0.3, -0.25) is 4.79 Å². The van der Waals surface area contributed by atoms with Gasteiger partial charge in [-0.25, -0.2) is 0 Å². The van der Waals surface area contributed by atoms with Crippen molar-refractivity contribution < 1.29 is 48.4 Å². The van der Waals surface area contributed by atoms with E-state index in [1.165, 1.54) is 0 Å². The number of carbonyl (C=O) groups excluding carboxylic acids is 1. The molecule has 0 saturated carbocycles. The maximum absolute atomic E-state index is 10.3. The Bertz CT molecular complexity index is 182. The molecule has 0 atom stereocenters. The van der Waals surface area contributed by atoms with Crippen molar-refractivity contribution in [2.45, 2.75) is 0 Å². The number of rotatable bonds is 4. The van der Waals surface area contributed by atoms with Crippen LogP contribution >= 0.6 is 0 Å². The minimum atomic E-state index is -3.67. The Labute approximate surface area is 82.8 Å². The van der Waals surface area contributed by atoms with E-state index in [4.69, 9.17) is 5.73 Å². The van der Waals surface area contributed by atoms with Crippen LogP contribution in [0.3, 0.4) is 0 Å². The van der Waals surface area contributed by atoms with Crippen LogP contribution in [0.4, 0.5) is 0 Å². The molecule has 5 nitrogen and oxygen atoms in total. The number of hydrogen-bond donors (Lipinski definition) is 1. The summed E-state index contributed by atoms with van der Waals surface area (Å²) in [5, 5.41) is 0. The molecule has 0 unspecified atom stereocenters. The first kappa shape index (κ1) is 13.0. The van der Waals surface area contributed by atoms with Crippen LogP contribution in [0.5, 0.6) is 0 Å². The van der Waals surface area contributed by atoms with Gasteiger partial charge < -0.3 is 11.3 Å². The minimum Gasteiger partial charge on any atom is -1.00 e. The molecule has 10 heavy (non-hydrogen) atoms. The van der Waals surface area contributed by atoms with E-state index in [1.54, 1.807) is 0 Å². The molecule has 56 valence electrons. The molecule has 7 heteroatoms. The maximum atomic E-state index is 10.3. The summed E-state index contributed by atoms with van der Waals surface area (Å²) in [5.41, 5.74) is 4.87. The second kappa shape index (κ2) is 6.11. The molecule has 0 aromatic rings. The third-order valence-corrected chi connectivity index (χ3v) is 1.66. The molecule has 0 aromatic carbocycles. The summed E-state index contributed by atoms with van der Waals surface area (Å²) in [4.78, 5) is 9.45. The summed E-state index contributed by atoms with van der Waals surface area (Å²) in [7, 11) is -3.67. The smallest absolute Gasteiger partial charge is 1.00 e. The van der Waals surface area contributed by atoms with E-state index >= 15 is 0 Å². The zero-order valence-corrected chi connectivity index (χ0v) is 8.43. The van der Waals surface area contributed by atoms with Crippen molar-refractivity contribution in [1.82, 2.24) is 0 Å². The molecule has 0 saturated heterocycles. The zero-order valence-electron chi connectivity index (χ0n) is 6.61. The van der Waals surface area contributed by atoms with Crippen molar-refractivity contribution in [1.29, 1.82) is 0 Å². The van der Waals surface area contributed by atoms with Crippen molar-refractivity contribution in [3.05, 3.63) is 0 Å². The molecule has 0 rings (SSSR count). The average Bonchev–Trinajstić information content (AvgIpc) is 1.64. The summed E-state index contributed by atoms with van der Waals surface area (Å²) in [5.74, 6) is -0.328. The molecule has 0 aliphatic carbocycles. The molecular formula is C3H8NNaO4S. The van der Waals surface area contributed by atoms with Crippen LogP contribution in [0.2, 0.25) is 0 Å². The molecule has 0 aromatic heterocycles. The molecule has 0 spiro atoms. The predicted molar refractivity (Wildman–Crippen MR) is 31.1 cm³/mol. The van der Waals surface area contributed by atoms with E-state index in [2.05, 4.69) is 4.18 Å². The van der Waals surface area contributed by atoms with Gasteiger partial charge in [-0.2, -0.15) is 8.42 Å². The minimum absolute atomic E-state index is 0. The quantitative estimate of drug-likeness (QED) is 0.266. The Balaban J connectivity index is -0.000000320. The topological polar surface area (TPSA) is 86.5 Å². The Morgan fingerprint density at radius 2 is 2.10 bits per heavy atom. The van der Waals surface area contributed by atoms with Gasteiger partial charge in [-0.15, -0.1) is 0 Å². The monoisotopic (exact) mass is 177 g/mol. The largest absolute Gasteiger partial charge is 1.00 e. The second-order valence-corrected chi connectivity index (χ2v) is 2.96. The fraction of sp³-hybridized carbons (Fsp3) is 0.667. The van der Waals surface area contributed by atoms with E-state index < -0.39 is 10.1 Å². The van der Waals surface area contributed by atoms with Crippen LogP contribution < -0.4 is 35.3 Å². The van der Waals surface area contributed by atoms with E-state index in [9.17, 15) is 13.2 Å². The Morgan fingerprint density at radius 1 is 1.60 bits per heavy atom. The van der Waals surface area contributed by atoms with Crippen molar-refractivity contribution in [3.8, 4) is 0 Å². The molecular weight excluding hydrogens is 169 g/mol. The van der Waals surface area contributed by atoms with E-state index in [1.807, 2.05) is 0 Å². The zero-order chi connectivity index (χ0) is 7.33. The number of hydrogen-bond acceptors (Lipinski definition) is 5. The van der Waals surface area contributed by atoms with Gasteiger partial charge in [0.15, 0.2) is 0 Å². The second-order valence-electron chi connectivity index (χ2n) is 1.24. The van der Waals surface area contributed by atoms with Gasteiger partial charge >= 0.3 is 46.1 Å². The average molecular weight is 177 g/mol. The fourth-order valence-electron chi connectivity index (χ4n) is 0.252. The molecule has 0 aliphatic heterocycles. The maximum Gasteiger partial charge on any atom is 1.00 e. The van der Waals surface area contributed by atoms with E-state index in [0.29, 0.717) is 0 Å². The van der Waals surface area contributed by atoms with E-state index in [0.717, 1.165) is 0 Å². The Morgan fingerprint density at radius 3 is 2.40 bits per heavy atom. The van der Waals surface area contributed by atoms with Gasteiger partial charge in [0.1, 0.15) is 0 Å². The molecule has 2 N–H and O–H groups in total. The summed E-state index contributed by atoms with van der Waals surface area (Å²) in [6.45, 7) is -0.179. The normalized spacial score (nSPS) is 9.70. The SMILES string of the molecule is NCCS(=O)(=O)OC=O.[H-].[Na+]. The van der Waals surface area contributed by atoms with Gasteiger partial charge in [-0.1, -0.05) is 0 Å². The van der Waals surface area contributed by atoms with Gasteiger partial charge in [-0.05, 0) is 0 Å². The third kappa shape index (κ3) is 6.50. The Kier molecular flexibility index (Phi) is 7.95. The molecule has 0 heterocycles. The van der Waals surface area contributed by atoms with Crippen molar-refractivity contribution in [3.63, 3.8) is 0 Å². The summed E-state index contributed by atoms with van der Waals surface area (Å²) >= 11 is 0. The molecule has 0 fully saturated rings. The number of carbonyl (C=O) groups is 1. The first-order chi connectivity index (χ1) is 4.12. The first-order valence-corrected chi connectivity index (χ1v) is 3.75. The predicted octanol–water partition coefficient (Wildman–Crippen LogP) is -4.44. The van der Waals surface area contributed by atoms with Crippen LogP contribution in [-0.4, -0.2) is 27.2 Å².